The summed E-state index contributed by atoms with van der Waals surface area (Å²) < 4.78 is 5.65. The van der Waals surface area contributed by atoms with Crippen molar-refractivity contribution in [2.45, 2.75) is 51.2 Å². The number of furan rings is 1. The van der Waals surface area contributed by atoms with Crippen molar-refractivity contribution in [1.82, 2.24) is 16.0 Å². The van der Waals surface area contributed by atoms with E-state index in [1.807, 2.05) is 31.2 Å². The van der Waals surface area contributed by atoms with Crippen molar-refractivity contribution in [2.24, 2.45) is 5.92 Å². The Morgan fingerprint density at radius 3 is 2.69 bits per heavy atom. The molecule has 8 heteroatoms. The molecule has 170 valence electrons. The predicted molar refractivity (Wildman–Crippen MR) is 117 cm³/mol. The lowest BCUT2D eigenvalue weighted by molar-refractivity contribution is -0.140. The van der Waals surface area contributed by atoms with Gasteiger partial charge < -0.3 is 25.5 Å². The highest BCUT2D eigenvalue weighted by Gasteiger charge is 2.46. The highest BCUT2D eigenvalue weighted by molar-refractivity contribution is 5.99. The third-order valence-electron chi connectivity index (χ3n) is 6.23. The second-order valence-electron chi connectivity index (χ2n) is 8.88. The zero-order valence-corrected chi connectivity index (χ0v) is 18.4. The Kier molecular flexibility index (Phi) is 6.06. The van der Waals surface area contributed by atoms with Gasteiger partial charge in [0.2, 0.25) is 0 Å². The first-order valence-electron chi connectivity index (χ1n) is 11.0. The maximum absolute atomic E-state index is 12.8. The minimum absolute atomic E-state index is 0.0413. The maximum Gasteiger partial charge on any atom is 0.287 e. The Hall–Kier alpha value is -3.13. The molecule has 1 fully saturated rings. The van der Waals surface area contributed by atoms with E-state index in [9.17, 15) is 19.5 Å². The number of amides is 3. The number of carbonyl (C=O) groups excluding carboxylic acids is 3. The fourth-order valence-corrected chi connectivity index (χ4v) is 3.93. The zero-order valence-electron chi connectivity index (χ0n) is 18.4. The Balaban J connectivity index is 1.48. The molecule has 1 aromatic heterocycles. The van der Waals surface area contributed by atoms with Crippen LogP contribution in [0.4, 0.5) is 0 Å². The van der Waals surface area contributed by atoms with Crippen LogP contribution in [0.5, 0.6) is 0 Å². The van der Waals surface area contributed by atoms with Gasteiger partial charge in [0.05, 0.1) is 11.6 Å². The highest BCUT2D eigenvalue weighted by Crippen LogP contribution is 2.39. The second-order valence-corrected chi connectivity index (χ2v) is 8.88. The summed E-state index contributed by atoms with van der Waals surface area (Å²) in [6, 6.07) is 8.56. The average Bonchev–Trinajstić information content (AvgIpc) is 3.57. The molecule has 32 heavy (non-hydrogen) atoms. The third kappa shape index (κ3) is 4.70. The molecule has 3 amide bonds. The zero-order chi connectivity index (χ0) is 22.9. The molecule has 8 nitrogen and oxygen atoms in total. The number of hydrogen-bond donors (Lipinski definition) is 4. The number of benzene rings is 1. The molecule has 4 rings (SSSR count). The van der Waals surface area contributed by atoms with E-state index in [-0.39, 0.29) is 24.1 Å². The Morgan fingerprint density at radius 1 is 1.28 bits per heavy atom. The van der Waals surface area contributed by atoms with Gasteiger partial charge in [0.15, 0.2) is 5.76 Å². The van der Waals surface area contributed by atoms with Crippen LogP contribution in [-0.2, 0) is 11.2 Å². The lowest BCUT2D eigenvalue weighted by Gasteiger charge is -2.27. The molecule has 1 saturated carbocycles. The number of hydrogen-bond acceptors (Lipinski definition) is 5. The molecule has 1 aliphatic heterocycles. The molecule has 2 aliphatic rings. The summed E-state index contributed by atoms with van der Waals surface area (Å²) in [6.45, 7) is 4.18. The predicted octanol–water partition coefficient (Wildman–Crippen LogP) is 2.01. The normalized spacial score (nSPS) is 18.5. The lowest BCUT2D eigenvalue weighted by Crippen LogP contribution is -2.49. The van der Waals surface area contributed by atoms with Gasteiger partial charge in [0, 0.05) is 25.6 Å². The fraction of sp³-hybridized carbons (Fsp3) is 0.458. The standard InChI is InChI=1S/C24H29N3O5/c1-14-5-7-15(8-6-14)18(27-23(30)24(2,31)16-9-10-16)13-26-22(29)20-12-17-19(32-20)4-3-11-25-21(17)28/h5-8,12,16,18,31H,3-4,9-11,13H2,1-2H3,(H,25,28)(H,26,29)(H,27,30). The topological polar surface area (TPSA) is 121 Å². The molecular weight excluding hydrogens is 410 g/mol. The first-order chi connectivity index (χ1) is 15.3. The summed E-state index contributed by atoms with van der Waals surface area (Å²) >= 11 is 0. The monoisotopic (exact) mass is 439 g/mol. The van der Waals surface area contributed by atoms with Crippen molar-refractivity contribution in [1.29, 1.82) is 0 Å². The van der Waals surface area contributed by atoms with E-state index in [2.05, 4.69) is 16.0 Å². The molecule has 0 spiro atoms. The third-order valence-corrected chi connectivity index (χ3v) is 6.23. The van der Waals surface area contributed by atoms with Crippen LogP contribution in [0.15, 0.2) is 34.7 Å². The van der Waals surface area contributed by atoms with E-state index in [0.717, 1.165) is 30.4 Å². The molecule has 1 aliphatic carbocycles. The van der Waals surface area contributed by atoms with Crippen LogP contribution in [0.2, 0.25) is 0 Å². The molecule has 2 heterocycles. The van der Waals surface area contributed by atoms with Gasteiger partial charge in [-0.3, -0.25) is 14.4 Å². The molecule has 0 radical (unpaired) electrons. The number of carbonyl (C=O) groups is 3. The van der Waals surface area contributed by atoms with Crippen LogP contribution in [-0.4, -0.2) is 41.5 Å². The van der Waals surface area contributed by atoms with Crippen molar-refractivity contribution in [3.05, 3.63) is 58.5 Å². The van der Waals surface area contributed by atoms with E-state index in [1.165, 1.54) is 13.0 Å². The minimum atomic E-state index is -1.45. The number of nitrogens with one attached hydrogen (secondary N) is 3. The Bertz CT molecular complexity index is 1020. The van der Waals surface area contributed by atoms with Crippen molar-refractivity contribution in [3.8, 4) is 0 Å². The van der Waals surface area contributed by atoms with Crippen molar-refractivity contribution in [3.63, 3.8) is 0 Å². The number of aryl methyl sites for hydroxylation is 2. The molecule has 0 saturated heterocycles. The molecule has 1 aromatic carbocycles. The fourth-order valence-electron chi connectivity index (χ4n) is 3.93. The van der Waals surface area contributed by atoms with Gasteiger partial charge in [-0.1, -0.05) is 29.8 Å². The lowest BCUT2D eigenvalue weighted by atomic mass is 9.97. The van der Waals surface area contributed by atoms with Crippen LogP contribution in [0.25, 0.3) is 0 Å². The van der Waals surface area contributed by atoms with Crippen LogP contribution in [0.1, 0.15) is 70.0 Å². The van der Waals surface area contributed by atoms with Gasteiger partial charge >= 0.3 is 0 Å². The van der Waals surface area contributed by atoms with Crippen molar-refractivity contribution in [2.75, 3.05) is 13.1 Å². The van der Waals surface area contributed by atoms with E-state index in [1.54, 1.807) is 0 Å². The smallest absolute Gasteiger partial charge is 0.287 e. The maximum atomic E-state index is 12.8. The molecule has 2 atom stereocenters. The van der Waals surface area contributed by atoms with E-state index < -0.39 is 23.5 Å². The van der Waals surface area contributed by atoms with Crippen LogP contribution in [0.3, 0.4) is 0 Å². The molecule has 4 N–H and O–H groups in total. The summed E-state index contributed by atoms with van der Waals surface area (Å²) in [6.07, 6.45) is 2.97. The minimum Gasteiger partial charge on any atom is -0.455 e. The van der Waals surface area contributed by atoms with Gasteiger partial charge in [0.1, 0.15) is 11.4 Å². The average molecular weight is 440 g/mol. The Morgan fingerprint density at radius 2 is 2.00 bits per heavy atom. The Labute approximate surface area is 186 Å². The number of fused-ring (bicyclic) bond motifs is 1. The van der Waals surface area contributed by atoms with E-state index in [4.69, 9.17) is 4.42 Å². The molecule has 0 bridgehead atoms. The van der Waals surface area contributed by atoms with Crippen molar-refractivity contribution < 1.29 is 23.9 Å². The highest BCUT2D eigenvalue weighted by atomic mass is 16.4. The van der Waals surface area contributed by atoms with Crippen LogP contribution < -0.4 is 16.0 Å². The first-order valence-corrected chi connectivity index (χ1v) is 11.0. The molecule has 2 unspecified atom stereocenters. The number of rotatable bonds is 7. The largest absolute Gasteiger partial charge is 0.455 e. The van der Waals surface area contributed by atoms with Gasteiger partial charge in [-0.2, -0.15) is 0 Å². The first kappa shape index (κ1) is 22.1. The molecular formula is C24H29N3O5. The summed E-state index contributed by atoms with van der Waals surface area (Å²) in [5.74, 6) is -0.639. The summed E-state index contributed by atoms with van der Waals surface area (Å²) in [7, 11) is 0. The summed E-state index contributed by atoms with van der Waals surface area (Å²) in [5.41, 5.74) is 0.823. The SMILES string of the molecule is Cc1ccc(C(CNC(=O)c2cc3c(o2)CCCNC3=O)NC(=O)C(C)(O)C2CC2)cc1. The van der Waals surface area contributed by atoms with Gasteiger partial charge in [-0.05, 0) is 44.6 Å². The van der Waals surface area contributed by atoms with E-state index in [0.29, 0.717) is 24.3 Å². The van der Waals surface area contributed by atoms with E-state index >= 15 is 0 Å². The van der Waals surface area contributed by atoms with Gasteiger partial charge in [0.25, 0.3) is 17.7 Å². The summed E-state index contributed by atoms with van der Waals surface area (Å²) in [5, 5.41) is 19.1. The van der Waals surface area contributed by atoms with Gasteiger partial charge in [-0.25, -0.2) is 0 Å². The van der Waals surface area contributed by atoms with Crippen LogP contribution >= 0.6 is 0 Å². The second kappa shape index (κ2) is 8.78. The number of aliphatic hydroxyl groups is 1. The van der Waals surface area contributed by atoms with Crippen LogP contribution in [0, 0.1) is 12.8 Å². The summed E-state index contributed by atoms with van der Waals surface area (Å²) in [4.78, 5) is 37.6. The molecule has 2 aromatic rings. The van der Waals surface area contributed by atoms with Gasteiger partial charge in [-0.15, -0.1) is 0 Å². The quantitative estimate of drug-likeness (QED) is 0.526. The van der Waals surface area contributed by atoms with Crippen molar-refractivity contribution >= 4 is 17.7 Å².